The number of imidazole rings is 2. The van der Waals surface area contributed by atoms with Crippen molar-refractivity contribution in [1.82, 2.24) is 44.9 Å². The summed E-state index contributed by atoms with van der Waals surface area (Å²) in [6, 6.07) is 13.6. The summed E-state index contributed by atoms with van der Waals surface area (Å²) in [6.45, 7) is 12.1. The summed E-state index contributed by atoms with van der Waals surface area (Å²) in [5.41, 5.74) is 5.05. The Morgan fingerprint density at radius 1 is 0.873 bits per heavy atom. The van der Waals surface area contributed by atoms with Gasteiger partial charge in [-0.25, -0.2) is 19.6 Å². The Balaban J connectivity index is 0.00000366. The minimum Gasteiger partial charge on any atom is -0.464 e. The second kappa shape index (κ2) is 21.6. The van der Waals surface area contributed by atoms with Crippen molar-refractivity contribution >= 4 is 46.2 Å². The number of amides is 4. The van der Waals surface area contributed by atoms with Gasteiger partial charge in [0.2, 0.25) is 18.0 Å². The van der Waals surface area contributed by atoms with Gasteiger partial charge < -0.3 is 44.6 Å². The summed E-state index contributed by atoms with van der Waals surface area (Å²) in [4.78, 5) is 71.2. The van der Waals surface area contributed by atoms with Crippen molar-refractivity contribution in [1.29, 1.82) is 0 Å². The molecule has 16 nitrogen and oxygen atoms in total. The number of halogens is 4. The van der Waals surface area contributed by atoms with Crippen molar-refractivity contribution in [2.75, 3.05) is 34.5 Å². The molecule has 2 aliphatic rings. The van der Waals surface area contributed by atoms with Crippen LogP contribution in [0, 0.1) is 11.8 Å². The topological polar surface area (TPSA) is 189 Å². The van der Waals surface area contributed by atoms with Gasteiger partial charge in [-0.15, -0.1) is 11.3 Å². The SMILES string of the molecule is CC[C@@H](c1ncc(-c2ccc3c(c2)OC(c2ccc(C(F)(F)F)s2)n2c-3cc3cc(-c4cnc(C5CCCN5C(=O)C(NC(=O)OC)C(C)C)[nH]4)ccc32)[nH]1)N(CC)C(=O)[C@@H](NC(=O)OC)C(C)C.CF. The maximum atomic E-state index is 14.0. The van der Waals surface area contributed by atoms with E-state index in [2.05, 4.69) is 20.6 Å². The summed E-state index contributed by atoms with van der Waals surface area (Å²) in [7, 11) is 3.00. The third-order valence-corrected chi connectivity index (χ3v) is 14.0. The number of likely N-dealkylation sites (tertiary alicyclic amines) is 1. The Morgan fingerprint density at radius 3 is 2.15 bits per heavy atom. The molecule has 0 bridgehead atoms. The van der Waals surface area contributed by atoms with Crippen molar-refractivity contribution in [3.63, 3.8) is 0 Å². The van der Waals surface area contributed by atoms with Gasteiger partial charge in [-0.3, -0.25) is 18.5 Å². The molecule has 8 rings (SSSR count). The van der Waals surface area contributed by atoms with E-state index in [1.165, 1.54) is 20.3 Å². The maximum Gasteiger partial charge on any atom is 0.425 e. The zero-order valence-corrected chi connectivity index (χ0v) is 41.8. The lowest BCUT2D eigenvalue weighted by atomic mass is 10.0. The van der Waals surface area contributed by atoms with Crippen LogP contribution in [-0.4, -0.2) is 105 Å². The van der Waals surface area contributed by atoms with Crippen LogP contribution in [0.3, 0.4) is 0 Å². The number of ether oxygens (including phenoxy) is 3. The summed E-state index contributed by atoms with van der Waals surface area (Å²) in [5.74, 6) is 0.722. The Kier molecular flexibility index (Phi) is 15.8. The number of aromatic amines is 2. The number of fused-ring (bicyclic) bond motifs is 5. The zero-order chi connectivity index (χ0) is 51.5. The maximum absolute atomic E-state index is 14.0. The van der Waals surface area contributed by atoms with E-state index >= 15 is 0 Å². The molecule has 0 radical (unpaired) electrons. The molecule has 2 aromatic carbocycles. The molecule has 0 aliphatic carbocycles. The normalized spacial score (nSPS) is 16.6. The van der Waals surface area contributed by atoms with Gasteiger partial charge >= 0.3 is 18.4 Å². The lowest BCUT2D eigenvalue weighted by Gasteiger charge is -2.33. The van der Waals surface area contributed by atoms with E-state index in [1.807, 2.05) is 88.6 Å². The number of methoxy groups -OCH3 is 2. The molecule has 71 heavy (non-hydrogen) atoms. The fourth-order valence-electron chi connectivity index (χ4n) is 9.33. The smallest absolute Gasteiger partial charge is 0.425 e. The van der Waals surface area contributed by atoms with E-state index in [0.29, 0.717) is 83.7 Å². The van der Waals surface area contributed by atoms with Crippen LogP contribution in [0.5, 0.6) is 5.75 Å². The van der Waals surface area contributed by atoms with E-state index in [9.17, 15) is 36.7 Å². The predicted octanol–water partition coefficient (Wildman–Crippen LogP) is 10.4. The van der Waals surface area contributed by atoms with Crippen LogP contribution in [0.2, 0.25) is 0 Å². The molecule has 1 fully saturated rings. The highest BCUT2D eigenvalue weighted by Crippen LogP contribution is 2.48. The molecule has 5 atom stereocenters. The lowest BCUT2D eigenvalue weighted by Crippen LogP contribution is -2.52. The number of benzene rings is 2. The molecule has 6 heterocycles. The number of H-pyrrole nitrogens is 2. The molecular weight excluding hydrogens is 947 g/mol. The van der Waals surface area contributed by atoms with Gasteiger partial charge in [0.25, 0.3) is 0 Å². The van der Waals surface area contributed by atoms with Gasteiger partial charge in [0.15, 0.2) is 0 Å². The number of rotatable bonds is 14. The Bertz CT molecular complexity index is 2870. The number of likely N-dealkylation sites (N-methyl/N-ethyl adjacent to an activating group) is 1. The van der Waals surface area contributed by atoms with Crippen LogP contribution in [0.25, 0.3) is 44.7 Å². The van der Waals surface area contributed by atoms with Gasteiger partial charge in [-0.2, -0.15) is 13.2 Å². The average molecular weight is 1010 g/mol. The van der Waals surface area contributed by atoms with Crippen LogP contribution >= 0.6 is 11.3 Å². The van der Waals surface area contributed by atoms with Crippen molar-refractivity contribution in [2.24, 2.45) is 11.8 Å². The molecule has 3 unspecified atom stereocenters. The molecular formula is C50H59F4N9O7S. The number of thiophene rings is 1. The van der Waals surface area contributed by atoms with Crippen LogP contribution in [0.15, 0.2) is 67.0 Å². The highest BCUT2D eigenvalue weighted by atomic mass is 32.1. The van der Waals surface area contributed by atoms with Crippen LogP contribution < -0.4 is 15.4 Å². The first-order valence-corrected chi connectivity index (χ1v) is 24.2. The van der Waals surface area contributed by atoms with Crippen molar-refractivity contribution in [3.05, 3.63) is 88.4 Å². The summed E-state index contributed by atoms with van der Waals surface area (Å²) < 4.78 is 69.8. The summed E-state index contributed by atoms with van der Waals surface area (Å²) in [6.07, 6.45) is -1.50. The van der Waals surface area contributed by atoms with Crippen LogP contribution in [0.4, 0.5) is 27.2 Å². The number of hydrogen-bond donors (Lipinski definition) is 4. The Labute approximate surface area is 412 Å². The molecule has 4 N–H and O–H groups in total. The summed E-state index contributed by atoms with van der Waals surface area (Å²) in [5, 5.41) is 6.15. The van der Waals surface area contributed by atoms with Crippen LogP contribution in [-0.2, 0) is 25.2 Å². The molecule has 0 saturated carbocycles. The number of nitrogens with zero attached hydrogens (tertiary/aromatic N) is 5. The highest BCUT2D eigenvalue weighted by molar-refractivity contribution is 7.12. The molecule has 2 aliphatic heterocycles. The number of nitrogens with one attached hydrogen (secondary N) is 4. The highest BCUT2D eigenvalue weighted by Gasteiger charge is 2.39. The van der Waals surface area contributed by atoms with Crippen molar-refractivity contribution in [3.8, 4) is 39.5 Å². The predicted molar refractivity (Wildman–Crippen MR) is 260 cm³/mol. The molecule has 6 aromatic rings. The zero-order valence-electron chi connectivity index (χ0n) is 40.9. The van der Waals surface area contributed by atoms with Gasteiger partial charge in [0.05, 0.1) is 73.4 Å². The van der Waals surface area contributed by atoms with E-state index in [0.717, 1.165) is 40.2 Å². The number of aromatic nitrogens is 5. The molecule has 4 amide bonds. The Morgan fingerprint density at radius 2 is 1.52 bits per heavy atom. The van der Waals surface area contributed by atoms with Gasteiger partial charge in [-0.05, 0) is 80.5 Å². The minimum absolute atomic E-state index is 0.181. The average Bonchev–Trinajstić information content (AvgIpc) is 4.23. The first-order valence-electron chi connectivity index (χ1n) is 23.4. The number of carbonyl (C=O) groups excluding carboxylic acids is 4. The standard InChI is InChI=1S/C49H56F3N9O7S.CH3F/c1-9-33(59(10-2)44(62)40(25(3)4)57-47(64)66-7)42-53-24-32(55-42)28-13-15-30-36-21-29-20-27(14-16-34(29)61(36)46(68-37(30)22-28)38-17-18-39(69-38)49(50,51)52)31-23-54-43(56-31)35-12-11-19-60(35)45(63)41(26(5)6)58-48(65)67-8;1-2/h13-18,20-26,33,35,40-41,46H,9-12,19H2,1-8H3,(H,53,55)(H,54,56)(H,57,64)(H,58,65);1H3/t33-,35?,40-,41?,46?;/m0./s1. The molecule has 1 saturated heterocycles. The minimum atomic E-state index is -4.54. The lowest BCUT2D eigenvalue weighted by molar-refractivity contribution is -0.137. The number of alkyl carbamates (subject to hydrolysis) is 2. The van der Waals surface area contributed by atoms with Gasteiger partial charge in [0, 0.05) is 35.2 Å². The van der Waals surface area contributed by atoms with Crippen LogP contribution in [0.1, 0.15) is 101 Å². The Hall–Kier alpha value is -6.90. The fraction of sp³-hybridized carbons (Fsp3) is 0.440. The largest absolute Gasteiger partial charge is 0.464 e. The van der Waals surface area contributed by atoms with Gasteiger partial charge in [0.1, 0.15) is 34.4 Å². The first kappa shape index (κ1) is 51.9. The van der Waals surface area contributed by atoms with E-state index < -0.39 is 47.6 Å². The second-order valence-corrected chi connectivity index (χ2v) is 19.0. The third kappa shape index (κ3) is 10.5. The van der Waals surface area contributed by atoms with E-state index in [-0.39, 0.29) is 29.7 Å². The first-order chi connectivity index (χ1) is 33.9. The molecule has 380 valence electrons. The number of alkyl halides is 4. The number of carbonyl (C=O) groups is 4. The quantitative estimate of drug-likeness (QED) is 0.0770. The van der Waals surface area contributed by atoms with Crippen molar-refractivity contribution < 1.29 is 51.0 Å². The van der Waals surface area contributed by atoms with E-state index in [1.54, 1.807) is 22.2 Å². The molecule has 4 aromatic heterocycles. The number of hydrogen-bond acceptors (Lipinski definition) is 10. The molecule has 21 heteroatoms. The third-order valence-electron chi connectivity index (χ3n) is 12.9. The van der Waals surface area contributed by atoms with Crippen molar-refractivity contribution in [2.45, 2.75) is 97.4 Å². The second-order valence-electron chi connectivity index (χ2n) is 17.9. The van der Waals surface area contributed by atoms with Gasteiger partial charge in [-0.1, -0.05) is 46.8 Å². The summed E-state index contributed by atoms with van der Waals surface area (Å²) >= 11 is 0.628. The molecule has 0 spiro atoms. The monoisotopic (exact) mass is 1010 g/mol. The fourth-order valence-corrected chi connectivity index (χ4v) is 10.2. The van der Waals surface area contributed by atoms with E-state index in [4.69, 9.17) is 24.2 Å².